The number of nitrogens with one attached hydrogen (secondary N) is 6. The van der Waals surface area contributed by atoms with E-state index >= 15 is 0 Å². The van der Waals surface area contributed by atoms with Crippen LogP contribution < -0.4 is 54.8 Å². The van der Waals surface area contributed by atoms with Gasteiger partial charge in [-0.15, -0.1) is 0 Å². The van der Waals surface area contributed by atoms with Crippen LogP contribution >= 0.6 is 0 Å². The van der Waals surface area contributed by atoms with E-state index in [0.717, 1.165) is 5.56 Å². The van der Waals surface area contributed by atoms with Crippen LogP contribution in [-0.2, 0) is 35.2 Å². The molecule has 1 aromatic rings. The molecule has 1 aliphatic rings. The lowest BCUT2D eigenvalue weighted by Crippen LogP contribution is -2.55. The van der Waals surface area contributed by atoms with Crippen molar-refractivity contribution in [3.8, 4) is 0 Å². The average Bonchev–Trinajstić information content (AvgIpc) is 3.09. The molecule has 1 fully saturated rings. The fraction of sp³-hybridized carbons (Fsp3) is 0.606. The van der Waals surface area contributed by atoms with Crippen LogP contribution in [0.2, 0.25) is 0 Å². The van der Waals surface area contributed by atoms with Crippen molar-refractivity contribution in [2.45, 2.75) is 82.3 Å². The van der Waals surface area contributed by atoms with E-state index < -0.39 is 72.6 Å². The number of rotatable bonds is 11. The van der Waals surface area contributed by atoms with E-state index in [9.17, 15) is 28.8 Å². The zero-order valence-electron chi connectivity index (χ0n) is 28.7. The maximum Gasteiger partial charge on any atom is 0.245 e. The number of aliphatic imine (C=N–C) groups is 1. The van der Waals surface area contributed by atoms with Crippen molar-refractivity contribution < 1.29 is 28.8 Å². The molecule has 17 heteroatoms. The van der Waals surface area contributed by atoms with Gasteiger partial charge in [0.1, 0.15) is 18.1 Å². The largest absolute Gasteiger partial charge is 0.370 e. The lowest BCUT2D eigenvalue weighted by Gasteiger charge is -2.25. The average molecular weight is 702 g/mol. The third-order valence-corrected chi connectivity index (χ3v) is 8.08. The van der Waals surface area contributed by atoms with Gasteiger partial charge in [0.15, 0.2) is 5.96 Å². The summed E-state index contributed by atoms with van der Waals surface area (Å²) in [6, 6.07) is 6.38. The Bertz CT molecular complexity index is 1280. The van der Waals surface area contributed by atoms with Crippen molar-refractivity contribution in [1.29, 1.82) is 0 Å². The number of amides is 6. The maximum absolute atomic E-state index is 13.7. The SMILES string of the molecule is NCCCC[C@@H]1NC(=O)[C@@H](Cc2ccccc2)CNC(=O)CNC(=O)CNC(=O)[C@H](N=C(N)N)CCCCNC(=O)[C@H](CCCCN)NC1=O. The van der Waals surface area contributed by atoms with Crippen molar-refractivity contribution in [3.63, 3.8) is 0 Å². The molecule has 1 aromatic carbocycles. The Kier molecular flexibility index (Phi) is 19.5. The molecule has 0 bridgehead atoms. The van der Waals surface area contributed by atoms with Gasteiger partial charge in [0, 0.05) is 13.1 Å². The Morgan fingerprint density at radius 3 is 1.92 bits per heavy atom. The summed E-state index contributed by atoms with van der Waals surface area (Å²) in [5.41, 5.74) is 23.2. The second-order valence-corrected chi connectivity index (χ2v) is 12.2. The Labute approximate surface area is 293 Å². The van der Waals surface area contributed by atoms with Crippen LogP contribution in [0.3, 0.4) is 0 Å². The molecule has 17 nitrogen and oxygen atoms in total. The maximum atomic E-state index is 13.7. The number of guanidine groups is 1. The van der Waals surface area contributed by atoms with Gasteiger partial charge < -0.3 is 54.8 Å². The molecule has 2 rings (SSSR count). The second kappa shape index (κ2) is 23.6. The molecule has 50 heavy (non-hydrogen) atoms. The van der Waals surface area contributed by atoms with Gasteiger partial charge in [0.2, 0.25) is 35.4 Å². The van der Waals surface area contributed by atoms with E-state index in [1.807, 2.05) is 30.3 Å². The number of hydrogen-bond acceptors (Lipinski definition) is 9. The van der Waals surface area contributed by atoms with Gasteiger partial charge in [-0.2, -0.15) is 0 Å². The molecule has 1 aliphatic heterocycles. The van der Waals surface area contributed by atoms with Crippen molar-refractivity contribution in [2.75, 3.05) is 39.3 Å². The normalized spacial score (nSPS) is 22.5. The van der Waals surface area contributed by atoms with Gasteiger partial charge in [-0.1, -0.05) is 30.3 Å². The Morgan fingerprint density at radius 1 is 0.680 bits per heavy atom. The third kappa shape index (κ3) is 16.6. The summed E-state index contributed by atoms with van der Waals surface area (Å²) in [5.74, 6) is -4.22. The molecule has 1 saturated heterocycles. The van der Waals surface area contributed by atoms with Crippen LogP contribution in [0.15, 0.2) is 35.3 Å². The summed E-state index contributed by atoms with van der Waals surface area (Å²) in [6.07, 6.45) is 4.44. The third-order valence-electron chi connectivity index (χ3n) is 8.08. The van der Waals surface area contributed by atoms with E-state index in [4.69, 9.17) is 22.9 Å². The fourth-order valence-corrected chi connectivity index (χ4v) is 5.30. The molecular formula is C33H55N11O6. The smallest absolute Gasteiger partial charge is 0.245 e. The van der Waals surface area contributed by atoms with Gasteiger partial charge in [-0.25, -0.2) is 4.99 Å². The first-order valence-corrected chi connectivity index (χ1v) is 17.3. The number of carbonyl (C=O) groups excluding carboxylic acids is 6. The molecule has 4 atom stereocenters. The van der Waals surface area contributed by atoms with E-state index in [1.165, 1.54) is 0 Å². The van der Waals surface area contributed by atoms with E-state index in [1.54, 1.807) is 0 Å². The molecule has 0 radical (unpaired) electrons. The van der Waals surface area contributed by atoms with Crippen LogP contribution in [-0.4, -0.2) is 98.8 Å². The summed E-state index contributed by atoms with van der Waals surface area (Å²) in [5, 5.41) is 16.1. The van der Waals surface area contributed by atoms with Crippen LogP contribution in [0.5, 0.6) is 0 Å². The topological polar surface area (TPSA) is 291 Å². The highest BCUT2D eigenvalue weighted by atomic mass is 16.2. The van der Waals surface area contributed by atoms with Gasteiger partial charge >= 0.3 is 0 Å². The van der Waals surface area contributed by atoms with Crippen LogP contribution in [0.1, 0.15) is 63.4 Å². The van der Waals surface area contributed by atoms with Gasteiger partial charge in [0.05, 0.1) is 19.0 Å². The molecule has 0 saturated carbocycles. The highest BCUT2D eigenvalue weighted by Gasteiger charge is 2.29. The first kappa shape index (κ1) is 41.4. The summed E-state index contributed by atoms with van der Waals surface area (Å²) >= 11 is 0. The number of unbranched alkanes of at least 4 members (excludes halogenated alkanes) is 2. The Balaban J connectivity index is 2.35. The van der Waals surface area contributed by atoms with Crippen LogP contribution in [0.25, 0.3) is 0 Å². The summed E-state index contributed by atoms with van der Waals surface area (Å²) < 4.78 is 0. The standard InChI is InChI=1S/C33H55N11O6/c34-15-7-4-12-24-30(48)38-17-9-6-14-25(44-33(36)37)31(49)41-21-28(46)40-20-27(45)39-19-23(18-22-10-2-1-3-11-22)29(47)42-26(32(50)43-24)13-5-8-16-35/h1-3,10-11,23-26H,4-9,12-21,34-35H2,(H,38,48)(H,39,45)(H,40,46)(H,41,49)(H,42,47)(H,43,50)(H4,36,37,44)/t23-,24-,25+,26-/m0/s1. The highest BCUT2D eigenvalue weighted by Crippen LogP contribution is 2.12. The number of hydrogen-bond donors (Lipinski definition) is 10. The van der Waals surface area contributed by atoms with Crippen molar-refractivity contribution in [1.82, 2.24) is 31.9 Å². The van der Waals surface area contributed by atoms with Gasteiger partial charge in [-0.05, 0) is 82.9 Å². The number of nitrogens with zero attached hydrogens (tertiary/aromatic N) is 1. The zero-order valence-corrected chi connectivity index (χ0v) is 28.7. The van der Waals surface area contributed by atoms with Crippen LogP contribution in [0.4, 0.5) is 0 Å². The molecule has 14 N–H and O–H groups in total. The quantitative estimate of drug-likeness (QED) is 0.0650. The molecule has 0 unspecified atom stereocenters. The minimum atomic E-state index is -0.973. The Morgan fingerprint density at radius 2 is 1.28 bits per heavy atom. The Hall–Kier alpha value is -4.77. The molecule has 278 valence electrons. The molecule has 1 heterocycles. The highest BCUT2D eigenvalue weighted by molar-refractivity contribution is 5.93. The predicted molar refractivity (Wildman–Crippen MR) is 189 cm³/mol. The van der Waals surface area contributed by atoms with Crippen molar-refractivity contribution >= 4 is 41.4 Å². The first-order chi connectivity index (χ1) is 24.0. The van der Waals surface area contributed by atoms with E-state index in [0.29, 0.717) is 58.0 Å². The van der Waals surface area contributed by atoms with E-state index in [2.05, 4.69) is 36.9 Å². The molecule has 0 aromatic heterocycles. The molecular weight excluding hydrogens is 646 g/mol. The lowest BCUT2D eigenvalue weighted by atomic mass is 9.97. The summed E-state index contributed by atoms with van der Waals surface area (Å²) in [7, 11) is 0. The summed E-state index contributed by atoms with van der Waals surface area (Å²) in [6.45, 7) is 0.169. The number of nitrogens with two attached hydrogens (primary N) is 4. The van der Waals surface area contributed by atoms with Crippen molar-refractivity contribution in [3.05, 3.63) is 35.9 Å². The minimum absolute atomic E-state index is 0.0897. The molecule has 0 spiro atoms. The van der Waals surface area contributed by atoms with Crippen LogP contribution in [0, 0.1) is 5.92 Å². The first-order valence-electron chi connectivity index (χ1n) is 17.3. The predicted octanol–water partition coefficient (Wildman–Crippen LogP) is -2.64. The minimum Gasteiger partial charge on any atom is -0.370 e. The zero-order chi connectivity index (χ0) is 36.7. The lowest BCUT2D eigenvalue weighted by molar-refractivity contribution is -0.133. The van der Waals surface area contributed by atoms with Gasteiger partial charge in [-0.3, -0.25) is 28.8 Å². The monoisotopic (exact) mass is 701 g/mol. The van der Waals surface area contributed by atoms with Crippen molar-refractivity contribution in [2.24, 2.45) is 33.8 Å². The van der Waals surface area contributed by atoms with Gasteiger partial charge in [0.25, 0.3) is 0 Å². The summed E-state index contributed by atoms with van der Waals surface area (Å²) in [4.78, 5) is 82.5. The molecule has 0 aliphatic carbocycles. The fourth-order valence-electron chi connectivity index (χ4n) is 5.30. The number of benzene rings is 1. The molecule has 6 amide bonds. The number of carbonyl (C=O) groups is 6. The van der Waals surface area contributed by atoms with E-state index in [-0.39, 0.29) is 38.3 Å². The second-order valence-electron chi connectivity index (χ2n) is 12.2.